The Kier molecular flexibility index (Phi) is 5.11. The predicted molar refractivity (Wildman–Crippen MR) is 110 cm³/mol. The fourth-order valence-corrected chi connectivity index (χ4v) is 2.90. The molecule has 0 fully saturated rings. The molecule has 0 radical (unpaired) electrons. The summed E-state index contributed by atoms with van der Waals surface area (Å²) < 4.78 is 10.6. The van der Waals surface area contributed by atoms with Crippen LogP contribution in [0.4, 0.5) is 11.4 Å². The summed E-state index contributed by atoms with van der Waals surface area (Å²) in [4.78, 5) is 19.0. The molecule has 0 unspecified atom stereocenters. The van der Waals surface area contributed by atoms with Crippen LogP contribution in [0.25, 0.3) is 11.6 Å². The molecule has 4 aromatic rings. The van der Waals surface area contributed by atoms with Gasteiger partial charge in [-0.05, 0) is 48.0 Å². The van der Waals surface area contributed by atoms with Gasteiger partial charge in [-0.3, -0.25) is 4.79 Å². The molecular formula is C22H20N4O3. The highest BCUT2D eigenvalue weighted by molar-refractivity contribution is 6.04. The normalized spacial score (nSPS) is 10.7. The molecule has 0 spiro atoms. The van der Waals surface area contributed by atoms with Crippen LogP contribution >= 0.6 is 0 Å². The van der Waals surface area contributed by atoms with Crippen molar-refractivity contribution in [2.45, 2.75) is 6.42 Å². The van der Waals surface area contributed by atoms with Crippen LogP contribution < -0.4 is 10.2 Å². The van der Waals surface area contributed by atoms with E-state index in [0.717, 1.165) is 11.3 Å². The fraction of sp³-hybridized carbons (Fsp3) is 0.136. The first-order valence-electron chi connectivity index (χ1n) is 9.13. The lowest BCUT2D eigenvalue weighted by Gasteiger charge is -2.13. The number of furan rings is 1. The summed E-state index contributed by atoms with van der Waals surface area (Å²) in [7, 11) is 3.92. The lowest BCUT2D eigenvalue weighted by Crippen LogP contribution is -2.14. The maximum absolute atomic E-state index is 12.7. The van der Waals surface area contributed by atoms with Crippen LogP contribution in [0.5, 0.6) is 0 Å². The van der Waals surface area contributed by atoms with Gasteiger partial charge in [0.25, 0.3) is 5.91 Å². The number of hydrogen-bond acceptors (Lipinski definition) is 6. The minimum Gasteiger partial charge on any atom is -0.461 e. The number of anilines is 2. The summed E-state index contributed by atoms with van der Waals surface area (Å²) in [5.74, 6) is 1.20. The summed E-state index contributed by atoms with van der Waals surface area (Å²) >= 11 is 0. The third kappa shape index (κ3) is 4.19. The number of carbonyl (C=O) groups excluding carboxylic acids is 1. The number of rotatable bonds is 6. The smallest absolute Gasteiger partial charge is 0.255 e. The second-order valence-electron chi connectivity index (χ2n) is 6.72. The van der Waals surface area contributed by atoms with E-state index in [2.05, 4.69) is 15.5 Å². The molecule has 0 bridgehead atoms. The molecule has 0 aliphatic carbocycles. The summed E-state index contributed by atoms with van der Waals surface area (Å²) in [5, 5.41) is 6.91. The van der Waals surface area contributed by atoms with E-state index in [1.54, 1.807) is 30.5 Å². The molecule has 7 nitrogen and oxygen atoms in total. The van der Waals surface area contributed by atoms with Gasteiger partial charge < -0.3 is 19.2 Å². The van der Waals surface area contributed by atoms with Gasteiger partial charge in [-0.15, -0.1) is 0 Å². The summed E-state index contributed by atoms with van der Waals surface area (Å²) in [6.07, 6.45) is 1.95. The average Bonchev–Trinajstić information content (AvgIpc) is 3.41. The van der Waals surface area contributed by atoms with E-state index in [0.29, 0.717) is 35.1 Å². The minimum absolute atomic E-state index is 0.176. The highest BCUT2D eigenvalue weighted by Crippen LogP contribution is 2.22. The Morgan fingerprint density at radius 3 is 2.55 bits per heavy atom. The highest BCUT2D eigenvalue weighted by atomic mass is 16.5. The number of carbonyl (C=O) groups is 1. The molecule has 0 aliphatic rings. The van der Waals surface area contributed by atoms with E-state index in [1.807, 2.05) is 55.4 Å². The van der Waals surface area contributed by atoms with Crippen molar-refractivity contribution in [2.24, 2.45) is 0 Å². The molecule has 29 heavy (non-hydrogen) atoms. The van der Waals surface area contributed by atoms with Crippen LogP contribution in [0.15, 0.2) is 75.9 Å². The first-order chi connectivity index (χ1) is 14.1. The van der Waals surface area contributed by atoms with Crippen molar-refractivity contribution in [3.05, 3.63) is 83.9 Å². The van der Waals surface area contributed by atoms with Crippen molar-refractivity contribution in [1.82, 2.24) is 10.1 Å². The number of aromatic nitrogens is 2. The Balaban J connectivity index is 1.50. The van der Waals surface area contributed by atoms with Crippen molar-refractivity contribution in [1.29, 1.82) is 0 Å². The van der Waals surface area contributed by atoms with Gasteiger partial charge in [0.2, 0.25) is 11.7 Å². The quantitative estimate of drug-likeness (QED) is 0.532. The number of benzene rings is 2. The molecule has 0 aliphatic heterocycles. The molecule has 146 valence electrons. The van der Waals surface area contributed by atoms with E-state index in [9.17, 15) is 4.79 Å². The molecule has 7 heteroatoms. The third-order valence-corrected chi connectivity index (χ3v) is 4.46. The molecule has 0 saturated heterocycles. The van der Waals surface area contributed by atoms with Gasteiger partial charge in [-0.1, -0.05) is 23.4 Å². The molecule has 2 aromatic heterocycles. The van der Waals surface area contributed by atoms with Crippen molar-refractivity contribution in [2.75, 3.05) is 24.3 Å². The van der Waals surface area contributed by atoms with E-state index < -0.39 is 0 Å². The number of hydrogen-bond donors (Lipinski definition) is 1. The number of amides is 1. The van der Waals surface area contributed by atoms with Gasteiger partial charge in [-0.2, -0.15) is 4.98 Å². The highest BCUT2D eigenvalue weighted by Gasteiger charge is 2.14. The van der Waals surface area contributed by atoms with Gasteiger partial charge in [0, 0.05) is 31.0 Å². The van der Waals surface area contributed by atoms with Crippen molar-refractivity contribution in [3.63, 3.8) is 0 Å². The summed E-state index contributed by atoms with van der Waals surface area (Å²) in [6.45, 7) is 0. The molecular weight excluding hydrogens is 368 g/mol. The van der Waals surface area contributed by atoms with Crippen LogP contribution in [0, 0.1) is 0 Å². The maximum Gasteiger partial charge on any atom is 0.255 e. The van der Waals surface area contributed by atoms with Crippen LogP contribution in [-0.4, -0.2) is 30.1 Å². The first-order valence-corrected chi connectivity index (χ1v) is 9.13. The van der Waals surface area contributed by atoms with Gasteiger partial charge in [0.05, 0.1) is 12.7 Å². The Morgan fingerprint density at radius 2 is 1.83 bits per heavy atom. The van der Waals surface area contributed by atoms with Crippen LogP contribution in [0.1, 0.15) is 21.8 Å². The van der Waals surface area contributed by atoms with Crippen molar-refractivity contribution in [3.8, 4) is 11.6 Å². The third-order valence-electron chi connectivity index (χ3n) is 4.46. The zero-order chi connectivity index (χ0) is 20.2. The molecule has 0 atom stereocenters. The monoisotopic (exact) mass is 388 g/mol. The lowest BCUT2D eigenvalue weighted by atomic mass is 10.1. The Hall–Kier alpha value is -3.87. The molecule has 1 amide bonds. The Labute approximate surface area is 168 Å². The topological polar surface area (TPSA) is 84.4 Å². The van der Waals surface area contributed by atoms with Crippen molar-refractivity contribution < 1.29 is 13.7 Å². The Morgan fingerprint density at radius 1 is 1.03 bits per heavy atom. The molecule has 4 rings (SSSR count). The van der Waals surface area contributed by atoms with Gasteiger partial charge in [0.1, 0.15) is 0 Å². The zero-order valence-corrected chi connectivity index (χ0v) is 16.1. The first kappa shape index (κ1) is 18.5. The zero-order valence-electron chi connectivity index (χ0n) is 16.1. The molecule has 2 aromatic carbocycles. The van der Waals surface area contributed by atoms with E-state index >= 15 is 0 Å². The van der Waals surface area contributed by atoms with Crippen molar-refractivity contribution >= 4 is 17.3 Å². The maximum atomic E-state index is 12.7. The fourth-order valence-electron chi connectivity index (χ4n) is 2.90. The lowest BCUT2D eigenvalue weighted by molar-refractivity contribution is 0.102. The molecule has 0 saturated carbocycles. The number of para-hydroxylation sites is 1. The van der Waals surface area contributed by atoms with E-state index in [-0.39, 0.29) is 5.91 Å². The largest absolute Gasteiger partial charge is 0.461 e. The summed E-state index contributed by atoms with van der Waals surface area (Å²) in [6, 6.07) is 18.5. The Bertz CT molecular complexity index is 1100. The number of nitrogens with zero attached hydrogens (tertiary/aromatic N) is 3. The molecule has 2 heterocycles. The van der Waals surface area contributed by atoms with Gasteiger partial charge >= 0.3 is 0 Å². The SMILES string of the molecule is CN(C)c1ccc(C(=O)Nc2ccccc2Cc2nc(-c3ccco3)no2)cc1. The van der Waals surface area contributed by atoms with Crippen LogP contribution in [0.3, 0.4) is 0 Å². The standard InChI is InChI=1S/C22H20N4O3/c1-26(2)17-11-9-15(10-12-17)22(27)23-18-7-4-3-6-16(18)14-20-24-21(25-29-20)19-8-5-13-28-19/h3-13H,14H2,1-2H3,(H,23,27). The second kappa shape index (κ2) is 8.02. The van der Waals surface area contributed by atoms with E-state index in [4.69, 9.17) is 8.94 Å². The second-order valence-corrected chi connectivity index (χ2v) is 6.72. The number of nitrogens with one attached hydrogen (secondary N) is 1. The van der Waals surface area contributed by atoms with Crippen LogP contribution in [0.2, 0.25) is 0 Å². The molecule has 1 N–H and O–H groups in total. The van der Waals surface area contributed by atoms with Crippen LogP contribution in [-0.2, 0) is 6.42 Å². The minimum atomic E-state index is -0.176. The predicted octanol–water partition coefficient (Wildman–Crippen LogP) is 4.24. The average molecular weight is 388 g/mol. The van der Waals surface area contributed by atoms with Gasteiger partial charge in [-0.25, -0.2) is 0 Å². The summed E-state index contributed by atoms with van der Waals surface area (Å²) in [5.41, 5.74) is 3.20. The van der Waals surface area contributed by atoms with E-state index in [1.165, 1.54) is 0 Å². The van der Waals surface area contributed by atoms with Gasteiger partial charge in [0.15, 0.2) is 5.76 Å².